The molecular weight excluding hydrogens is 393 g/mol. The predicted molar refractivity (Wildman–Crippen MR) is 108 cm³/mol. The molecule has 1 amide bonds. The van der Waals surface area contributed by atoms with E-state index in [4.69, 9.17) is 5.26 Å². The van der Waals surface area contributed by atoms with E-state index in [0.29, 0.717) is 30.5 Å². The Balaban J connectivity index is 1.53. The van der Waals surface area contributed by atoms with Crippen LogP contribution in [0.15, 0.2) is 48.5 Å². The number of carbonyl (C=O) groups is 1. The van der Waals surface area contributed by atoms with Crippen molar-refractivity contribution in [2.75, 3.05) is 18.4 Å². The monoisotopic (exact) mass is 415 g/mol. The third-order valence-corrected chi connectivity index (χ3v) is 6.84. The van der Waals surface area contributed by atoms with Crippen LogP contribution in [0.4, 0.5) is 10.1 Å². The molecule has 0 unspecified atom stereocenters. The summed E-state index contributed by atoms with van der Waals surface area (Å²) in [5.41, 5.74) is 2.07. The molecule has 8 heteroatoms. The number of halogens is 1. The van der Waals surface area contributed by atoms with Crippen LogP contribution in [0.25, 0.3) is 0 Å². The zero-order valence-electron chi connectivity index (χ0n) is 15.8. The highest BCUT2D eigenvalue weighted by molar-refractivity contribution is 7.88. The molecule has 1 fully saturated rings. The molecule has 1 heterocycles. The van der Waals surface area contributed by atoms with Crippen LogP contribution in [0.1, 0.15) is 24.0 Å². The van der Waals surface area contributed by atoms with Gasteiger partial charge in [0.1, 0.15) is 5.82 Å². The van der Waals surface area contributed by atoms with Crippen molar-refractivity contribution in [2.24, 2.45) is 5.92 Å². The quantitative estimate of drug-likeness (QED) is 0.785. The Morgan fingerprint density at radius 1 is 1.07 bits per heavy atom. The largest absolute Gasteiger partial charge is 0.326 e. The van der Waals surface area contributed by atoms with Gasteiger partial charge in [0.05, 0.1) is 18.2 Å². The van der Waals surface area contributed by atoms with E-state index in [2.05, 4.69) is 11.4 Å². The van der Waals surface area contributed by atoms with Crippen molar-refractivity contribution in [1.29, 1.82) is 5.26 Å². The van der Waals surface area contributed by atoms with E-state index < -0.39 is 15.8 Å². The first-order valence-corrected chi connectivity index (χ1v) is 11.0. The van der Waals surface area contributed by atoms with Gasteiger partial charge in [0.15, 0.2) is 0 Å². The fourth-order valence-corrected chi connectivity index (χ4v) is 4.88. The van der Waals surface area contributed by atoms with Crippen LogP contribution in [0, 0.1) is 23.1 Å². The highest BCUT2D eigenvalue weighted by atomic mass is 32.2. The molecule has 6 nitrogen and oxygen atoms in total. The average molecular weight is 415 g/mol. The molecule has 0 spiro atoms. The maximum absolute atomic E-state index is 13.0. The molecule has 1 aliphatic rings. The predicted octanol–water partition coefficient (Wildman–Crippen LogP) is 3.07. The smallest absolute Gasteiger partial charge is 0.227 e. The molecule has 0 atom stereocenters. The number of nitrogens with zero attached hydrogens (tertiary/aromatic N) is 2. The zero-order chi connectivity index (χ0) is 20.9. The number of anilines is 1. The Hall–Kier alpha value is -2.76. The summed E-state index contributed by atoms with van der Waals surface area (Å²) in [5, 5.41) is 11.5. The van der Waals surface area contributed by atoms with Gasteiger partial charge in [0.25, 0.3) is 0 Å². The van der Waals surface area contributed by atoms with Crippen molar-refractivity contribution in [2.45, 2.75) is 25.0 Å². The first-order chi connectivity index (χ1) is 13.9. The first kappa shape index (κ1) is 21.0. The molecule has 1 aliphatic heterocycles. The first-order valence-electron chi connectivity index (χ1n) is 9.36. The summed E-state index contributed by atoms with van der Waals surface area (Å²) in [6.07, 6.45) is 1.21. The topological polar surface area (TPSA) is 90.3 Å². The van der Waals surface area contributed by atoms with E-state index in [-0.39, 0.29) is 30.7 Å². The summed E-state index contributed by atoms with van der Waals surface area (Å²) in [6, 6.07) is 14.6. The minimum Gasteiger partial charge on any atom is -0.326 e. The lowest BCUT2D eigenvalue weighted by molar-refractivity contribution is -0.120. The molecule has 0 radical (unpaired) electrons. The number of sulfonamides is 1. The number of nitrogens with one attached hydrogen (secondary N) is 1. The lowest BCUT2D eigenvalue weighted by atomic mass is 9.97. The summed E-state index contributed by atoms with van der Waals surface area (Å²) in [5.74, 6) is -0.975. The van der Waals surface area contributed by atoms with Crippen molar-refractivity contribution in [3.63, 3.8) is 0 Å². The number of nitriles is 1. The fraction of sp³-hybridized carbons (Fsp3) is 0.333. The fourth-order valence-electron chi connectivity index (χ4n) is 3.32. The average Bonchev–Trinajstić information content (AvgIpc) is 2.71. The Kier molecular flexibility index (Phi) is 6.62. The third-order valence-electron chi connectivity index (χ3n) is 4.99. The number of carbonyl (C=O) groups excluding carboxylic acids is 1. The number of hydrogen-bond donors (Lipinski definition) is 1. The van der Waals surface area contributed by atoms with Crippen molar-refractivity contribution < 1.29 is 17.6 Å². The molecule has 1 N–H and O–H groups in total. The lowest BCUT2D eigenvalue weighted by Gasteiger charge is -2.30. The molecular formula is C21H22FN3O3S. The van der Waals surface area contributed by atoms with Crippen LogP contribution >= 0.6 is 0 Å². The van der Waals surface area contributed by atoms with Gasteiger partial charge in [0.2, 0.25) is 15.9 Å². The Morgan fingerprint density at radius 2 is 1.66 bits per heavy atom. The van der Waals surface area contributed by atoms with Crippen molar-refractivity contribution in [3.05, 3.63) is 65.5 Å². The molecule has 0 saturated carbocycles. The SMILES string of the molecule is N#CCc1ccc(NC(=O)C2CCN(S(=O)(=O)Cc3ccc(F)cc3)CC2)cc1. The highest BCUT2D eigenvalue weighted by Gasteiger charge is 2.31. The van der Waals surface area contributed by atoms with Gasteiger partial charge in [-0.1, -0.05) is 24.3 Å². The van der Waals surface area contributed by atoms with Crippen LogP contribution in [0.2, 0.25) is 0 Å². The van der Waals surface area contributed by atoms with E-state index >= 15 is 0 Å². The van der Waals surface area contributed by atoms with Gasteiger partial charge in [-0.15, -0.1) is 0 Å². The maximum Gasteiger partial charge on any atom is 0.227 e. The Bertz CT molecular complexity index is 991. The minimum atomic E-state index is -3.51. The Morgan fingerprint density at radius 3 is 2.24 bits per heavy atom. The molecule has 1 saturated heterocycles. The van der Waals surface area contributed by atoms with Crippen LogP contribution in [0.3, 0.4) is 0 Å². The summed E-state index contributed by atoms with van der Waals surface area (Å²) < 4.78 is 39.6. The molecule has 0 aromatic heterocycles. The standard InChI is InChI=1S/C21H22FN3O3S/c22-19-5-1-17(2-6-19)15-29(27,28)25-13-10-18(11-14-25)21(26)24-20-7-3-16(4-8-20)9-12-23/h1-8,18H,9-11,13-15H2,(H,24,26). The molecule has 2 aromatic rings. The third kappa shape index (κ3) is 5.62. The summed E-state index contributed by atoms with van der Waals surface area (Å²) in [7, 11) is -3.51. The normalized spacial score (nSPS) is 15.6. The molecule has 0 aliphatic carbocycles. The summed E-state index contributed by atoms with van der Waals surface area (Å²) in [6.45, 7) is 0.561. The van der Waals surface area contributed by atoms with Crippen LogP contribution in [0.5, 0.6) is 0 Å². The van der Waals surface area contributed by atoms with Crippen molar-refractivity contribution >= 4 is 21.6 Å². The minimum absolute atomic E-state index is 0.131. The van der Waals surface area contributed by atoms with Gasteiger partial charge in [-0.3, -0.25) is 4.79 Å². The van der Waals surface area contributed by atoms with Gasteiger partial charge >= 0.3 is 0 Å². The van der Waals surface area contributed by atoms with Gasteiger partial charge < -0.3 is 5.32 Å². The number of amides is 1. The lowest BCUT2D eigenvalue weighted by Crippen LogP contribution is -2.41. The molecule has 0 bridgehead atoms. The molecule has 29 heavy (non-hydrogen) atoms. The van der Waals surface area contributed by atoms with Gasteiger partial charge in [-0.2, -0.15) is 5.26 Å². The van der Waals surface area contributed by atoms with E-state index in [0.717, 1.165) is 5.56 Å². The number of piperidine rings is 1. The Labute approximate surface area is 170 Å². The van der Waals surface area contributed by atoms with Crippen LogP contribution < -0.4 is 5.32 Å². The van der Waals surface area contributed by atoms with E-state index in [9.17, 15) is 17.6 Å². The second kappa shape index (κ2) is 9.16. The number of benzene rings is 2. The van der Waals surface area contributed by atoms with Crippen LogP contribution in [-0.2, 0) is 27.0 Å². The molecule has 2 aromatic carbocycles. The van der Waals surface area contributed by atoms with Gasteiger partial charge in [-0.25, -0.2) is 17.1 Å². The van der Waals surface area contributed by atoms with Crippen molar-refractivity contribution in [3.8, 4) is 6.07 Å². The van der Waals surface area contributed by atoms with Gasteiger partial charge in [-0.05, 0) is 48.2 Å². The van der Waals surface area contributed by atoms with Gasteiger partial charge in [0, 0.05) is 24.7 Å². The van der Waals surface area contributed by atoms with E-state index in [1.54, 1.807) is 24.3 Å². The summed E-state index contributed by atoms with van der Waals surface area (Å²) in [4.78, 5) is 12.5. The highest BCUT2D eigenvalue weighted by Crippen LogP contribution is 2.23. The van der Waals surface area contributed by atoms with E-state index in [1.165, 1.54) is 28.6 Å². The second-order valence-electron chi connectivity index (χ2n) is 7.08. The number of rotatable bonds is 6. The van der Waals surface area contributed by atoms with E-state index in [1.807, 2.05) is 0 Å². The zero-order valence-corrected chi connectivity index (χ0v) is 16.7. The summed E-state index contributed by atoms with van der Waals surface area (Å²) >= 11 is 0. The molecule has 152 valence electrons. The number of hydrogen-bond acceptors (Lipinski definition) is 4. The van der Waals surface area contributed by atoms with Crippen LogP contribution in [-0.4, -0.2) is 31.7 Å². The molecule has 3 rings (SSSR count). The second-order valence-corrected chi connectivity index (χ2v) is 9.05. The maximum atomic E-state index is 13.0. The van der Waals surface area contributed by atoms with Crippen molar-refractivity contribution in [1.82, 2.24) is 4.31 Å².